The first-order valence-electron chi connectivity index (χ1n) is 7.72. The fourth-order valence-electron chi connectivity index (χ4n) is 2.67. The first-order valence-corrected chi connectivity index (χ1v) is 7.72. The predicted octanol–water partition coefficient (Wildman–Crippen LogP) is 2.45. The standard InChI is InChI=1S/C17H25NO3/c1-13-6-7-16(14(2)12-13)21-11-8-17(20)18(9-10-19)15-4-3-5-15/h6-7,12,15,19H,3-5,8-11H2,1-2H3. The van der Waals surface area contributed by atoms with Crippen molar-refractivity contribution in [1.29, 1.82) is 0 Å². The Morgan fingerprint density at radius 1 is 1.38 bits per heavy atom. The Labute approximate surface area is 126 Å². The number of hydrogen-bond donors (Lipinski definition) is 1. The number of rotatable bonds is 7. The van der Waals surface area contributed by atoms with Gasteiger partial charge in [0.1, 0.15) is 5.75 Å². The Morgan fingerprint density at radius 3 is 2.71 bits per heavy atom. The van der Waals surface area contributed by atoms with Crippen LogP contribution in [0, 0.1) is 13.8 Å². The molecule has 0 radical (unpaired) electrons. The van der Waals surface area contributed by atoms with E-state index in [1.54, 1.807) is 0 Å². The summed E-state index contributed by atoms with van der Waals surface area (Å²) < 4.78 is 5.71. The van der Waals surface area contributed by atoms with Crippen molar-refractivity contribution in [1.82, 2.24) is 4.90 Å². The van der Waals surface area contributed by atoms with E-state index in [2.05, 4.69) is 6.07 Å². The van der Waals surface area contributed by atoms with Crippen molar-refractivity contribution in [2.24, 2.45) is 0 Å². The van der Waals surface area contributed by atoms with Crippen LogP contribution in [-0.4, -0.2) is 41.7 Å². The van der Waals surface area contributed by atoms with Gasteiger partial charge < -0.3 is 14.7 Å². The lowest BCUT2D eigenvalue weighted by Crippen LogP contribution is -2.46. The normalized spacial score (nSPS) is 14.6. The molecule has 1 amide bonds. The van der Waals surface area contributed by atoms with Gasteiger partial charge in [-0.15, -0.1) is 0 Å². The lowest BCUT2D eigenvalue weighted by Gasteiger charge is -2.37. The molecular formula is C17H25NO3. The van der Waals surface area contributed by atoms with E-state index >= 15 is 0 Å². The van der Waals surface area contributed by atoms with Gasteiger partial charge in [0.2, 0.25) is 5.91 Å². The molecule has 1 saturated carbocycles. The minimum Gasteiger partial charge on any atom is -0.493 e. The third-order valence-electron chi connectivity index (χ3n) is 4.08. The number of benzene rings is 1. The smallest absolute Gasteiger partial charge is 0.226 e. The summed E-state index contributed by atoms with van der Waals surface area (Å²) in [6.07, 6.45) is 3.66. The SMILES string of the molecule is Cc1ccc(OCCC(=O)N(CCO)C2CCC2)c(C)c1. The highest BCUT2D eigenvalue weighted by Crippen LogP contribution is 2.25. The molecule has 21 heavy (non-hydrogen) atoms. The first-order chi connectivity index (χ1) is 10.1. The molecular weight excluding hydrogens is 266 g/mol. The molecule has 0 saturated heterocycles. The third kappa shape index (κ3) is 4.21. The molecule has 1 aliphatic rings. The fraction of sp³-hybridized carbons (Fsp3) is 0.588. The molecule has 0 spiro atoms. The van der Waals surface area contributed by atoms with Crippen LogP contribution in [0.1, 0.15) is 36.8 Å². The predicted molar refractivity (Wildman–Crippen MR) is 82.5 cm³/mol. The molecule has 1 N–H and O–H groups in total. The summed E-state index contributed by atoms with van der Waals surface area (Å²) in [5.41, 5.74) is 2.30. The number of hydrogen-bond acceptors (Lipinski definition) is 3. The highest BCUT2D eigenvalue weighted by molar-refractivity contribution is 5.76. The van der Waals surface area contributed by atoms with Gasteiger partial charge in [-0.2, -0.15) is 0 Å². The van der Waals surface area contributed by atoms with Crippen molar-refractivity contribution in [3.8, 4) is 5.75 Å². The fourth-order valence-corrected chi connectivity index (χ4v) is 2.67. The van der Waals surface area contributed by atoms with Crippen LogP contribution in [0.4, 0.5) is 0 Å². The van der Waals surface area contributed by atoms with Gasteiger partial charge in [0.15, 0.2) is 0 Å². The summed E-state index contributed by atoms with van der Waals surface area (Å²) in [6.45, 7) is 4.91. The van der Waals surface area contributed by atoms with E-state index in [1.165, 1.54) is 12.0 Å². The number of aryl methyl sites for hydroxylation is 2. The molecule has 1 aromatic rings. The zero-order valence-electron chi connectivity index (χ0n) is 13.0. The van der Waals surface area contributed by atoms with Crippen molar-refractivity contribution in [2.75, 3.05) is 19.8 Å². The summed E-state index contributed by atoms with van der Waals surface area (Å²) >= 11 is 0. The van der Waals surface area contributed by atoms with Crippen LogP contribution in [0.15, 0.2) is 18.2 Å². The summed E-state index contributed by atoms with van der Waals surface area (Å²) in [4.78, 5) is 14.0. The van der Waals surface area contributed by atoms with E-state index < -0.39 is 0 Å². The van der Waals surface area contributed by atoms with Gasteiger partial charge >= 0.3 is 0 Å². The molecule has 1 aromatic carbocycles. The van der Waals surface area contributed by atoms with Crippen molar-refractivity contribution in [3.63, 3.8) is 0 Å². The van der Waals surface area contributed by atoms with Crippen LogP contribution in [0.5, 0.6) is 5.75 Å². The van der Waals surface area contributed by atoms with E-state index in [-0.39, 0.29) is 12.5 Å². The molecule has 0 atom stereocenters. The summed E-state index contributed by atoms with van der Waals surface area (Å²) in [6, 6.07) is 6.36. The van der Waals surface area contributed by atoms with Gasteiger partial charge in [-0.3, -0.25) is 4.79 Å². The van der Waals surface area contributed by atoms with Crippen molar-refractivity contribution >= 4 is 5.91 Å². The minimum absolute atomic E-state index is 0.0279. The van der Waals surface area contributed by atoms with Crippen molar-refractivity contribution < 1.29 is 14.6 Å². The molecule has 0 heterocycles. The van der Waals surface area contributed by atoms with Crippen LogP contribution < -0.4 is 4.74 Å². The van der Waals surface area contributed by atoms with Gasteiger partial charge in [0.05, 0.1) is 19.6 Å². The quantitative estimate of drug-likeness (QED) is 0.839. The van der Waals surface area contributed by atoms with E-state index in [4.69, 9.17) is 9.84 Å². The van der Waals surface area contributed by atoms with Crippen LogP contribution in [-0.2, 0) is 4.79 Å². The number of amides is 1. The van der Waals surface area contributed by atoms with E-state index in [1.807, 2.05) is 30.9 Å². The van der Waals surface area contributed by atoms with Crippen molar-refractivity contribution in [3.05, 3.63) is 29.3 Å². The molecule has 116 valence electrons. The molecule has 0 aliphatic heterocycles. The topological polar surface area (TPSA) is 49.8 Å². The van der Waals surface area contributed by atoms with E-state index in [0.717, 1.165) is 24.2 Å². The van der Waals surface area contributed by atoms with Crippen molar-refractivity contribution in [2.45, 2.75) is 45.6 Å². The van der Waals surface area contributed by atoms with Crippen LogP contribution in [0.25, 0.3) is 0 Å². The van der Waals surface area contributed by atoms with E-state index in [0.29, 0.717) is 25.6 Å². The third-order valence-corrected chi connectivity index (χ3v) is 4.08. The monoisotopic (exact) mass is 291 g/mol. The molecule has 4 heteroatoms. The molecule has 2 rings (SSSR count). The Balaban J connectivity index is 1.82. The van der Waals surface area contributed by atoms with Gasteiger partial charge in [0, 0.05) is 12.6 Å². The maximum absolute atomic E-state index is 12.2. The van der Waals surface area contributed by atoms with Gasteiger partial charge in [-0.25, -0.2) is 0 Å². The Morgan fingerprint density at radius 2 is 2.14 bits per heavy atom. The first kappa shape index (κ1) is 15.8. The molecule has 0 unspecified atom stereocenters. The summed E-state index contributed by atoms with van der Waals surface area (Å²) in [7, 11) is 0. The summed E-state index contributed by atoms with van der Waals surface area (Å²) in [5, 5.41) is 9.09. The summed E-state index contributed by atoms with van der Waals surface area (Å²) in [5.74, 6) is 0.921. The van der Waals surface area contributed by atoms with E-state index in [9.17, 15) is 4.79 Å². The lowest BCUT2D eigenvalue weighted by molar-refractivity contribution is -0.136. The molecule has 1 aliphatic carbocycles. The molecule has 4 nitrogen and oxygen atoms in total. The number of ether oxygens (including phenoxy) is 1. The second-order valence-corrected chi connectivity index (χ2v) is 5.76. The minimum atomic E-state index is 0.0279. The Kier molecular flexibility index (Phi) is 5.62. The number of nitrogens with zero attached hydrogens (tertiary/aromatic N) is 1. The van der Waals surface area contributed by atoms with Crippen LogP contribution in [0.3, 0.4) is 0 Å². The van der Waals surface area contributed by atoms with Gasteiger partial charge in [-0.05, 0) is 44.7 Å². The second kappa shape index (κ2) is 7.46. The van der Waals surface area contributed by atoms with Crippen LogP contribution in [0.2, 0.25) is 0 Å². The zero-order chi connectivity index (χ0) is 15.2. The highest BCUT2D eigenvalue weighted by Gasteiger charge is 2.27. The van der Waals surface area contributed by atoms with Crippen LogP contribution >= 0.6 is 0 Å². The maximum atomic E-state index is 12.2. The second-order valence-electron chi connectivity index (χ2n) is 5.76. The largest absolute Gasteiger partial charge is 0.493 e. The number of carbonyl (C=O) groups is 1. The molecule has 0 bridgehead atoms. The number of aliphatic hydroxyl groups excluding tert-OH is 1. The highest BCUT2D eigenvalue weighted by atomic mass is 16.5. The van der Waals surface area contributed by atoms with Gasteiger partial charge in [0.25, 0.3) is 0 Å². The molecule has 0 aromatic heterocycles. The maximum Gasteiger partial charge on any atom is 0.226 e. The Hall–Kier alpha value is -1.55. The average molecular weight is 291 g/mol. The number of carbonyl (C=O) groups excluding carboxylic acids is 1. The van der Waals surface area contributed by atoms with Gasteiger partial charge in [-0.1, -0.05) is 17.7 Å². The lowest BCUT2D eigenvalue weighted by atomic mass is 9.91. The zero-order valence-corrected chi connectivity index (χ0v) is 13.0. The number of aliphatic hydroxyl groups is 1. The Bertz CT molecular complexity index is 483. The average Bonchev–Trinajstić information content (AvgIpc) is 2.38. The molecule has 1 fully saturated rings.